The molecule has 0 aliphatic rings. The van der Waals surface area contributed by atoms with Crippen molar-refractivity contribution in [3.63, 3.8) is 0 Å². The van der Waals surface area contributed by atoms with Crippen LogP contribution in [0.3, 0.4) is 0 Å². The van der Waals surface area contributed by atoms with E-state index in [1.165, 1.54) is 20.3 Å². The Morgan fingerprint density at radius 1 is 1.23 bits per heavy atom. The minimum Gasteiger partial charge on any atom is -0.497 e. The van der Waals surface area contributed by atoms with Crippen molar-refractivity contribution in [2.24, 2.45) is 7.05 Å². The number of ketones is 1. The predicted molar refractivity (Wildman–Crippen MR) is 82.9 cm³/mol. The first kappa shape index (κ1) is 15.9. The number of carbonyl (C=O) groups is 2. The minimum atomic E-state index is -0.799. The van der Waals surface area contributed by atoms with E-state index in [1.807, 2.05) is 0 Å². The molecule has 2 aromatic rings. The van der Waals surface area contributed by atoms with E-state index in [4.69, 9.17) is 21.1 Å². The summed E-state index contributed by atoms with van der Waals surface area (Å²) in [5.74, 6) is -0.681. The number of amides is 1. The van der Waals surface area contributed by atoms with Crippen LogP contribution in [0.4, 0.5) is 5.69 Å². The van der Waals surface area contributed by atoms with E-state index in [0.29, 0.717) is 11.5 Å². The Balaban J connectivity index is 2.29. The third kappa shape index (κ3) is 3.07. The zero-order valence-electron chi connectivity index (χ0n) is 12.3. The smallest absolute Gasteiger partial charge is 0.298 e. The highest BCUT2D eigenvalue weighted by atomic mass is 35.5. The maximum absolute atomic E-state index is 12.1. The molecule has 1 heterocycles. The van der Waals surface area contributed by atoms with E-state index in [2.05, 4.69) is 5.32 Å². The van der Waals surface area contributed by atoms with E-state index >= 15 is 0 Å². The summed E-state index contributed by atoms with van der Waals surface area (Å²) in [6, 6.07) is 6.33. The summed E-state index contributed by atoms with van der Waals surface area (Å²) in [6.45, 7) is 0. The third-order valence-electron chi connectivity index (χ3n) is 3.10. The lowest BCUT2D eigenvalue weighted by Gasteiger charge is -2.13. The fourth-order valence-electron chi connectivity index (χ4n) is 1.94. The summed E-state index contributed by atoms with van der Waals surface area (Å²) >= 11 is 6.11. The Labute approximate surface area is 132 Å². The van der Waals surface area contributed by atoms with Crippen molar-refractivity contribution in [3.8, 4) is 11.5 Å². The van der Waals surface area contributed by atoms with Crippen molar-refractivity contribution in [3.05, 3.63) is 41.2 Å². The molecule has 22 heavy (non-hydrogen) atoms. The number of methoxy groups -OCH3 is 2. The first-order valence-corrected chi connectivity index (χ1v) is 6.74. The summed E-state index contributed by atoms with van der Waals surface area (Å²) < 4.78 is 11.8. The van der Waals surface area contributed by atoms with E-state index in [-0.39, 0.29) is 16.4 Å². The van der Waals surface area contributed by atoms with Gasteiger partial charge >= 0.3 is 0 Å². The van der Waals surface area contributed by atoms with Gasteiger partial charge < -0.3 is 19.4 Å². The van der Waals surface area contributed by atoms with Gasteiger partial charge in [0.2, 0.25) is 0 Å². The van der Waals surface area contributed by atoms with Gasteiger partial charge in [0.15, 0.2) is 0 Å². The highest BCUT2D eigenvalue weighted by Crippen LogP contribution is 2.36. The van der Waals surface area contributed by atoms with Crippen LogP contribution in [-0.4, -0.2) is 30.5 Å². The van der Waals surface area contributed by atoms with Crippen molar-refractivity contribution in [2.45, 2.75) is 0 Å². The summed E-state index contributed by atoms with van der Waals surface area (Å²) in [5, 5.41) is 2.69. The maximum Gasteiger partial charge on any atom is 0.298 e. The number of benzene rings is 1. The minimum absolute atomic E-state index is 0.212. The molecule has 0 saturated heterocycles. The van der Waals surface area contributed by atoms with Crippen LogP contribution in [0.1, 0.15) is 10.5 Å². The number of hydrogen-bond donors (Lipinski definition) is 1. The first-order chi connectivity index (χ1) is 10.5. The number of nitrogens with zero attached hydrogens (tertiary/aromatic N) is 1. The monoisotopic (exact) mass is 322 g/mol. The number of anilines is 1. The number of aryl methyl sites for hydroxylation is 1. The van der Waals surface area contributed by atoms with Gasteiger partial charge in [0.25, 0.3) is 11.7 Å². The third-order valence-corrected chi connectivity index (χ3v) is 3.40. The topological polar surface area (TPSA) is 69.6 Å². The largest absolute Gasteiger partial charge is 0.497 e. The van der Waals surface area contributed by atoms with Gasteiger partial charge in [-0.15, -0.1) is 0 Å². The molecular weight excluding hydrogens is 308 g/mol. The highest BCUT2D eigenvalue weighted by Gasteiger charge is 2.22. The van der Waals surface area contributed by atoms with Gasteiger partial charge in [0.1, 0.15) is 17.2 Å². The van der Waals surface area contributed by atoms with Crippen molar-refractivity contribution in [1.29, 1.82) is 0 Å². The molecule has 0 saturated carbocycles. The molecule has 0 unspecified atom stereocenters. The zero-order valence-corrected chi connectivity index (χ0v) is 13.1. The quantitative estimate of drug-likeness (QED) is 0.678. The van der Waals surface area contributed by atoms with Gasteiger partial charge in [0, 0.05) is 25.4 Å². The fraction of sp³-hybridized carbons (Fsp3) is 0.200. The van der Waals surface area contributed by atoms with Crippen LogP contribution < -0.4 is 14.8 Å². The Hall–Kier alpha value is -2.47. The van der Waals surface area contributed by atoms with E-state index < -0.39 is 11.7 Å². The molecule has 1 aromatic heterocycles. The molecule has 116 valence electrons. The predicted octanol–water partition coefficient (Wildman–Crippen LogP) is 2.52. The van der Waals surface area contributed by atoms with Gasteiger partial charge in [-0.3, -0.25) is 9.59 Å². The summed E-state index contributed by atoms with van der Waals surface area (Å²) in [6.07, 6.45) is 1.68. The molecule has 1 amide bonds. The van der Waals surface area contributed by atoms with Gasteiger partial charge in [-0.1, -0.05) is 11.6 Å². The Bertz CT molecular complexity index is 724. The number of Topliss-reactive ketones (excluding diaryl/α,β-unsaturated/α-hetero) is 1. The van der Waals surface area contributed by atoms with Gasteiger partial charge in [-0.25, -0.2) is 0 Å². The average molecular weight is 323 g/mol. The van der Waals surface area contributed by atoms with Crippen molar-refractivity contribution < 1.29 is 19.1 Å². The SMILES string of the molecule is COc1cc(Cl)c(NC(=O)C(=O)c2cccn2C)c(OC)c1. The van der Waals surface area contributed by atoms with Crippen molar-refractivity contribution in [2.75, 3.05) is 19.5 Å². The molecule has 0 radical (unpaired) electrons. The van der Waals surface area contributed by atoms with Crippen molar-refractivity contribution >= 4 is 29.0 Å². The lowest BCUT2D eigenvalue weighted by atomic mass is 10.2. The van der Waals surface area contributed by atoms with Crippen LogP contribution in [0.15, 0.2) is 30.5 Å². The van der Waals surface area contributed by atoms with Crippen molar-refractivity contribution in [1.82, 2.24) is 4.57 Å². The summed E-state index contributed by atoms with van der Waals surface area (Å²) in [7, 11) is 4.60. The molecule has 0 aliphatic heterocycles. The molecule has 0 atom stereocenters. The normalized spacial score (nSPS) is 10.2. The lowest BCUT2D eigenvalue weighted by Crippen LogP contribution is -2.25. The van der Waals surface area contributed by atoms with Crippen LogP contribution in [0, 0.1) is 0 Å². The van der Waals surface area contributed by atoms with E-state index in [9.17, 15) is 9.59 Å². The second-order valence-corrected chi connectivity index (χ2v) is 4.88. The molecule has 1 N–H and O–H groups in total. The second-order valence-electron chi connectivity index (χ2n) is 4.47. The average Bonchev–Trinajstić information content (AvgIpc) is 2.93. The molecule has 0 spiro atoms. The highest BCUT2D eigenvalue weighted by molar-refractivity contribution is 6.47. The van der Waals surface area contributed by atoms with E-state index in [1.54, 1.807) is 36.0 Å². The number of carbonyl (C=O) groups excluding carboxylic acids is 2. The lowest BCUT2D eigenvalue weighted by molar-refractivity contribution is -0.112. The molecule has 0 aliphatic carbocycles. The summed E-state index contributed by atoms with van der Waals surface area (Å²) in [5.41, 5.74) is 0.499. The number of ether oxygens (including phenoxy) is 2. The molecular formula is C15H15ClN2O4. The van der Waals surface area contributed by atoms with Gasteiger partial charge in [-0.2, -0.15) is 0 Å². The van der Waals surface area contributed by atoms with Crippen LogP contribution in [-0.2, 0) is 11.8 Å². The number of rotatable bonds is 5. The molecule has 0 bridgehead atoms. The fourth-order valence-corrected chi connectivity index (χ4v) is 2.19. The second kappa shape index (κ2) is 6.53. The molecule has 0 fully saturated rings. The maximum atomic E-state index is 12.1. The number of nitrogens with one attached hydrogen (secondary N) is 1. The number of hydrogen-bond acceptors (Lipinski definition) is 4. The summed E-state index contributed by atoms with van der Waals surface area (Å²) in [4.78, 5) is 24.2. The van der Waals surface area contributed by atoms with Crippen LogP contribution in [0.2, 0.25) is 5.02 Å². The van der Waals surface area contributed by atoms with Crippen LogP contribution >= 0.6 is 11.6 Å². The number of aromatic nitrogens is 1. The molecule has 1 aromatic carbocycles. The Kier molecular flexibility index (Phi) is 4.72. The number of halogens is 1. The van der Waals surface area contributed by atoms with Gasteiger partial charge in [0.05, 0.1) is 24.9 Å². The first-order valence-electron chi connectivity index (χ1n) is 6.36. The Morgan fingerprint density at radius 2 is 1.95 bits per heavy atom. The van der Waals surface area contributed by atoms with Crippen LogP contribution in [0.25, 0.3) is 0 Å². The molecule has 6 nitrogen and oxygen atoms in total. The molecule has 7 heteroatoms. The Morgan fingerprint density at radius 3 is 2.50 bits per heavy atom. The van der Waals surface area contributed by atoms with E-state index in [0.717, 1.165) is 0 Å². The van der Waals surface area contributed by atoms with Gasteiger partial charge in [-0.05, 0) is 12.1 Å². The standard InChI is InChI=1S/C15H15ClN2O4/c1-18-6-4-5-11(18)14(19)15(20)17-13-10(16)7-9(21-2)8-12(13)22-3/h4-8H,1-3H3,(H,17,20). The molecule has 2 rings (SSSR count). The zero-order chi connectivity index (χ0) is 16.3. The van der Waals surface area contributed by atoms with Crippen LogP contribution in [0.5, 0.6) is 11.5 Å².